The summed E-state index contributed by atoms with van der Waals surface area (Å²) in [6.07, 6.45) is 2.24. The van der Waals surface area contributed by atoms with E-state index in [4.69, 9.17) is 0 Å². The van der Waals surface area contributed by atoms with Crippen LogP contribution in [-0.2, 0) is 10.0 Å². The number of hydrogen-bond acceptors (Lipinski definition) is 3. The second kappa shape index (κ2) is 12.6. The summed E-state index contributed by atoms with van der Waals surface area (Å²) in [6.45, 7) is 9.47. The van der Waals surface area contributed by atoms with E-state index in [2.05, 4.69) is 64.1 Å². The summed E-state index contributed by atoms with van der Waals surface area (Å²) in [6, 6.07) is 10.8. The van der Waals surface area contributed by atoms with Crippen LogP contribution in [0.15, 0.2) is 35.3 Å². The number of benzene rings is 1. The fourth-order valence-electron chi connectivity index (χ4n) is 3.67. The van der Waals surface area contributed by atoms with Crippen molar-refractivity contribution in [3.8, 4) is 0 Å². The van der Waals surface area contributed by atoms with Gasteiger partial charge in [0.1, 0.15) is 0 Å². The number of rotatable bonds is 8. The molecule has 2 unspecified atom stereocenters. The lowest BCUT2D eigenvalue weighted by Gasteiger charge is -2.40. The van der Waals surface area contributed by atoms with Crippen molar-refractivity contribution in [2.45, 2.75) is 39.5 Å². The highest BCUT2D eigenvalue weighted by atomic mass is 127. The lowest BCUT2D eigenvalue weighted by Crippen LogP contribution is -2.48. The van der Waals surface area contributed by atoms with Crippen molar-refractivity contribution in [3.05, 3.63) is 35.9 Å². The molecule has 2 atom stereocenters. The number of hydrogen-bond donors (Lipinski definition) is 2. The van der Waals surface area contributed by atoms with E-state index in [0.717, 1.165) is 38.4 Å². The van der Waals surface area contributed by atoms with Crippen molar-refractivity contribution >= 4 is 40.0 Å². The fraction of sp³-hybridized carbons (Fsp3) is 0.650. The Hall–Kier alpha value is -0.870. The minimum absolute atomic E-state index is 0. The monoisotopic (exact) mass is 522 g/mol. The summed E-state index contributed by atoms with van der Waals surface area (Å²) in [5, 5.41) is 3.36. The van der Waals surface area contributed by atoms with Crippen molar-refractivity contribution < 1.29 is 8.42 Å². The number of nitrogens with one attached hydrogen (secondary N) is 2. The molecule has 0 amide bonds. The van der Waals surface area contributed by atoms with Gasteiger partial charge in [0.2, 0.25) is 10.0 Å². The Labute approximate surface area is 187 Å². The van der Waals surface area contributed by atoms with Crippen molar-refractivity contribution in [3.63, 3.8) is 0 Å². The molecule has 0 aliphatic carbocycles. The summed E-state index contributed by atoms with van der Waals surface area (Å²) in [7, 11) is -3.16. The molecule has 0 saturated carbocycles. The van der Waals surface area contributed by atoms with E-state index in [0.29, 0.717) is 24.9 Å². The van der Waals surface area contributed by atoms with Gasteiger partial charge in [-0.2, -0.15) is 0 Å². The van der Waals surface area contributed by atoms with Crippen molar-refractivity contribution in [2.75, 3.05) is 38.5 Å². The summed E-state index contributed by atoms with van der Waals surface area (Å²) >= 11 is 0. The van der Waals surface area contributed by atoms with Crippen LogP contribution in [0.5, 0.6) is 0 Å². The number of aliphatic imine (C=N–C) groups is 1. The van der Waals surface area contributed by atoms with E-state index in [9.17, 15) is 8.42 Å². The fourth-order valence-corrected chi connectivity index (χ4v) is 4.27. The molecule has 28 heavy (non-hydrogen) atoms. The van der Waals surface area contributed by atoms with Crippen molar-refractivity contribution in [1.29, 1.82) is 0 Å². The number of nitrogens with zero attached hydrogens (tertiary/aromatic N) is 2. The van der Waals surface area contributed by atoms with Gasteiger partial charge in [0.15, 0.2) is 5.96 Å². The minimum Gasteiger partial charge on any atom is -0.357 e. The van der Waals surface area contributed by atoms with Crippen molar-refractivity contribution in [2.24, 2.45) is 10.9 Å². The maximum atomic E-state index is 11.5. The normalized spacial score (nSPS) is 20.5. The quantitative estimate of drug-likeness (QED) is 0.238. The van der Waals surface area contributed by atoms with Gasteiger partial charge in [-0.05, 0) is 37.7 Å². The molecule has 1 aromatic rings. The Morgan fingerprint density at radius 1 is 1.21 bits per heavy atom. The first-order chi connectivity index (χ1) is 13.0. The highest BCUT2D eigenvalue weighted by Crippen LogP contribution is 2.34. The standard InChI is InChI=1S/C20H34N4O2S.HI/c1-4-17-16-24(15-12-19(17)18-10-8-7-9-11-18)20(21-5-2)22-13-14-23-27(25,26)6-3;/h7-11,17,19,23H,4-6,12-16H2,1-3H3,(H,21,22);1H. The van der Waals surface area contributed by atoms with Crippen LogP contribution in [0.25, 0.3) is 0 Å². The smallest absolute Gasteiger partial charge is 0.211 e. The molecule has 1 heterocycles. The van der Waals surface area contributed by atoms with Gasteiger partial charge in [0.05, 0.1) is 12.3 Å². The zero-order chi connectivity index (χ0) is 19.7. The number of likely N-dealkylation sites (tertiary alicyclic amines) is 1. The van der Waals surface area contributed by atoms with Gasteiger partial charge in [0, 0.05) is 26.2 Å². The van der Waals surface area contributed by atoms with Crippen LogP contribution in [0.3, 0.4) is 0 Å². The minimum atomic E-state index is -3.16. The lowest BCUT2D eigenvalue weighted by atomic mass is 9.79. The van der Waals surface area contributed by atoms with E-state index in [1.54, 1.807) is 6.92 Å². The van der Waals surface area contributed by atoms with E-state index < -0.39 is 10.0 Å². The van der Waals surface area contributed by atoms with E-state index in [1.807, 2.05) is 0 Å². The molecule has 1 aliphatic rings. The first kappa shape index (κ1) is 25.2. The Bertz CT molecular complexity index is 697. The van der Waals surface area contributed by atoms with Gasteiger partial charge < -0.3 is 10.2 Å². The SMILES string of the molecule is CCNC(=NCCNS(=O)(=O)CC)N1CCC(c2ccccc2)C(CC)C1.I. The number of halogens is 1. The highest BCUT2D eigenvalue weighted by Gasteiger charge is 2.30. The molecule has 0 aromatic heterocycles. The van der Waals surface area contributed by atoms with Gasteiger partial charge in [-0.25, -0.2) is 13.1 Å². The molecule has 2 rings (SSSR count). The third-order valence-electron chi connectivity index (χ3n) is 5.20. The van der Waals surface area contributed by atoms with Crippen LogP contribution in [0.1, 0.15) is 45.1 Å². The van der Waals surface area contributed by atoms with E-state index in [1.165, 1.54) is 5.56 Å². The van der Waals surface area contributed by atoms with Crippen LogP contribution in [0.4, 0.5) is 0 Å². The molecular formula is C20H35IN4O2S. The van der Waals surface area contributed by atoms with E-state index >= 15 is 0 Å². The van der Waals surface area contributed by atoms with Gasteiger partial charge in [-0.1, -0.05) is 43.7 Å². The van der Waals surface area contributed by atoms with Crippen molar-refractivity contribution in [1.82, 2.24) is 14.9 Å². The second-order valence-corrected chi connectivity index (χ2v) is 9.05. The molecule has 8 heteroatoms. The molecule has 1 fully saturated rings. The Morgan fingerprint density at radius 3 is 2.54 bits per heavy atom. The number of sulfonamides is 1. The van der Waals surface area contributed by atoms with Gasteiger partial charge in [-0.3, -0.25) is 4.99 Å². The number of guanidine groups is 1. The van der Waals surface area contributed by atoms with Gasteiger partial charge in [-0.15, -0.1) is 24.0 Å². The molecule has 1 saturated heterocycles. The maximum Gasteiger partial charge on any atom is 0.211 e. The Morgan fingerprint density at radius 2 is 1.93 bits per heavy atom. The summed E-state index contributed by atoms with van der Waals surface area (Å²) in [5.74, 6) is 2.16. The van der Waals surface area contributed by atoms with Gasteiger partial charge in [0.25, 0.3) is 0 Å². The van der Waals surface area contributed by atoms with Gasteiger partial charge >= 0.3 is 0 Å². The third kappa shape index (κ3) is 7.51. The van der Waals surface area contributed by atoms with Crippen LogP contribution in [0, 0.1) is 5.92 Å². The molecule has 0 bridgehead atoms. The summed E-state index contributed by atoms with van der Waals surface area (Å²) < 4.78 is 25.7. The molecule has 6 nitrogen and oxygen atoms in total. The Kier molecular flexibility index (Phi) is 11.4. The van der Waals surface area contributed by atoms with Crippen LogP contribution < -0.4 is 10.0 Å². The average molecular weight is 522 g/mol. The van der Waals surface area contributed by atoms with Crippen LogP contribution >= 0.6 is 24.0 Å². The molecule has 0 radical (unpaired) electrons. The highest BCUT2D eigenvalue weighted by molar-refractivity contribution is 14.0. The molecule has 0 spiro atoms. The third-order valence-corrected chi connectivity index (χ3v) is 6.60. The first-order valence-electron chi connectivity index (χ1n) is 10.1. The lowest BCUT2D eigenvalue weighted by molar-refractivity contribution is 0.215. The zero-order valence-electron chi connectivity index (χ0n) is 17.2. The zero-order valence-corrected chi connectivity index (χ0v) is 20.4. The predicted octanol–water partition coefficient (Wildman–Crippen LogP) is 3.02. The van der Waals surface area contributed by atoms with E-state index in [-0.39, 0.29) is 29.7 Å². The van der Waals surface area contributed by atoms with Crippen LogP contribution in [0.2, 0.25) is 0 Å². The number of piperidine rings is 1. The molecule has 1 aromatic carbocycles. The second-order valence-electron chi connectivity index (χ2n) is 6.95. The largest absolute Gasteiger partial charge is 0.357 e. The summed E-state index contributed by atoms with van der Waals surface area (Å²) in [4.78, 5) is 6.97. The molecule has 1 aliphatic heterocycles. The molecule has 2 N–H and O–H groups in total. The predicted molar refractivity (Wildman–Crippen MR) is 128 cm³/mol. The maximum absolute atomic E-state index is 11.5. The topological polar surface area (TPSA) is 73.8 Å². The summed E-state index contributed by atoms with van der Waals surface area (Å²) in [5.41, 5.74) is 1.43. The van der Waals surface area contributed by atoms with Crippen LogP contribution in [-0.4, -0.2) is 57.8 Å². The molecule has 160 valence electrons. The first-order valence-corrected chi connectivity index (χ1v) is 11.7. The molecular weight excluding hydrogens is 487 g/mol. The Balaban J connectivity index is 0.00000392. The average Bonchev–Trinajstić information content (AvgIpc) is 2.70.